The Morgan fingerprint density at radius 3 is 2.38 bits per heavy atom. The summed E-state index contributed by atoms with van der Waals surface area (Å²) in [5.74, 6) is 0.410. The molecule has 2 aromatic carbocycles. The molecular weight excluding hydrogens is 470 g/mol. The summed E-state index contributed by atoms with van der Waals surface area (Å²) in [5, 5.41) is 13.6. The highest BCUT2D eigenvalue weighted by Crippen LogP contribution is 2.36. The van der Waals surface area contributed by atoms with Gasteiger partial charge < -0.3 is 19.3 Å². The van der Waals surface area contributed by atoms with E-state index in [2.05, 4.69) is 42.0 Å². The van der Waals surface area contributed by atoms with Gasteiger partial charge in [0.05, 0.1) is 16.1 Å². The number of hydrogen-bond acceptors (Lipinski definition) is 6. The van der Waals surface area contributed by atoms with Crippen LogP contribution >= 0.6 is 31.9 Å². The zero-order valence-corrected chi connectivity index (χ0v) is 16.9. The van der Waals surface area contributed by atoms with Crippen LogP contribution in [0.15, 0.2) is 49.9 Å². The molecule has 1 heterocycles. The number of phenols is 1. The second kappa shape index (κ2) is 7.46. The molecule has 134 valence electrons. The molecule has 0 unspecified atom stereocenters. The number of aromatic nitrogens is 2. The summed E-state index contributed by atoms with van der Waals surface area (Å²) in [4.78, 5) is 18.1. The van der Waals surface area contributed by atoms with Crippen molar-refractivity contribution in [1.29, 1.82) is 0 Å². The van der Waals surface area contributed by atoms with Gasteiger partial charge in [-0.3, -0.25) is 4.79 Å². The van der Waals surface area contributed by atoms with Crippen LogP contribution in [0.25, 0.3) is 11.4 Å². The third kappa shape index (κ3) is 3.58. The van der Waals surface area contributed by atoms with Gasteiger partial charge in [-0.2, -0.15) is 4.98 Å². The number of rotatable bonds is 4. The van der Waals surface area contributed by atoms with Gasteiger partial charge in [0.1, 0.15) is 11.5 Å². The van der Waals surface area contributed by atoms with Gasteiger partial charge in [0.15, 0.2) is 0 Å². The number of aromatic hydroxyl groups is 1. The maximum Gasteiger partial charge on any atom is 0.316 e. The minimum Gasteiger partial charge on any atom is -0.506 e. The molecule has 3 rings (SSSR count). The number of ether oxygens (including phenoxy) is 1. The summed E-state index contributed by atoms with van der Waals surface area (Å²) in [6, 6.07) is 10.3. The summed E-state index contributed by atoms with van der Waals surface area (Å²) in [6.07, 6.45) is 0. The Kier molecular flexibility index (Phi) is 5.28. The average Bonchev–Trinajstić information content (AvgIpc) is 3.14. The molecule has 0 aliphatic carbocycles. The maximum absolute atomic E-state index is 12.6. The number of anilines is 1. The van der Waals surface area contributed by atoms with Gasteiger partial charge in [-0.15, -0.1) is 0 Å². The molecule has 0 aliphatic rings. The van der Waals surface area contributed by atoms with Crippen LogP contribution in [-0.2, 0) is 0 Å². The Morgan fingerprint density at radius 1 is 1.19 bits per heavy atom. The van der Waals surface area contributed by atoms with Gasteiger partial charge in [-0.05, 0) is 68.3 Å². The van der Waals surface area contributed by atoms with Crippen molar-refractivity contribution in [2.24, 2.45) is 0 Å². The van der Waals surface area contributed by atoms with E-state index < -0.39 is 5.91 Å². The number of carbonyl (C=O) groups is 1. The van der Waals surface area contributed by atoms with Crippen molar-refractivity contribution in [3.63, 3.8) is 0 Å². The number of methoxy groups -OCH3 is 1. The fourth-order valence-corrected chi connectivity index (χ4v) is 3.38. The van der Waals surface area contributed by atoms with E-state index in [0.717, 1.165) is 0 Å². The van der Waals surface area contributed by atoms with Crippen molar-refractivity contribution in [3.8, 4) is 22.9 Å². The maximum atomic E-state index is 12.6. The van der Waals surface area contributed by atoms with Crippen LogP contribution < -0.4 is 9.64 Å². The Hall–Kier alpha value is -2.39. The van der Waals surface area contributed by atoms with Crippen molar-refractivity contribution in [2.45, 2.75) is 0 Å². The van der Waals surface area contributed by atoms with Crippen molar-refractivity contribution >= 4 is 43.5 Å². The highest BCUT2D eigenvalue weighted by atomic mass is 79.9. The number of amides is 1. The van der Waals surface area contributed by atoms with Crippen LogP contribution in [0.1, 0.15) is 10.7 Å². The first-order valence-electron chi connectivity index (χ1n) is 7.35. The summed E-state index contributed by atoms with van der Waals surface area (Å²) in [6.45, 7) is 0. The fraction of sp³-hybridized carbons (Fsp3) is 0.118. The standard InChI is InChI=1S/C17H13Br2N3O4/c1-22(10-3-5-11(25-2)6-4-10)17(24)16-20-15(21-26-16)9-7-12(18)14(23)13(19)8-9/h3-8,23H,1-2H3. The van der Waals surface area contributed by atoms with E-state index in [1.165, 1.54) is 4.90 Å². The van der Waals surface area contributed by atoms with Crippen molar-refractivity contribution < 1.29 is 19.2 Å². The van der Waals surface area contributed by atoms with Gasteiger partial charge >= 0.3 is 11.8 Å². The van der Waals surface area contributed by atoms with Gasteiger partial charge in [0, 0.05) is 18.3 Å². The van der Waals surface area contributed by atoms with Crippen LogP contribution in [0.4, 0.5) is 5.69 Å². The van der Waals surface area contributed by atoms with E-state index in [1.54, 1.807) is 50.6 Å². The zero-order valence-electron chi connectivity index (χ0n) is 13.7. The van der Waals surface area contributed by atoms with Crippen LogP contribution in [0, 0.1) is 0 Å². The summed E-state index contributed by atoms with van der Waals surface area (Å²) >= 11 is 6.49. The average molecular weight is 483 g/mol. The lowest BCUT2D eigenvalue weighted by atomic mass is 10.2. The van der Waals surface area contributed by atoms with Crippen LogP contribution in [0.5, 0.6) is 11.5 Å². The molecule has 0 fully saturated rings. The van der Waals surface area contributed by atoms with Crippen molar-refractivity contribution in [2.75, 3.05) is 19.1 Å². The van der Waals surface area contributed by atoms with Gasteiger partial charge in [0.25, 0.3) is 0 Å². The molecular formula is C17H13Br2N3O4. The first kappa shape index (κ1) is 18.4. The zero-order chi connectivity index (χ0) is 18.8. The van der Waals surface area contributed by atoms with E-state index in [-0.39, 0.29) is 17.5 Å². The molecule has 0 atom stereocenters. The number of carbonyl (C=O) groups excluding carboxylic acids is 1. The third-order valence-corrected chi connectivity index (χ3v) is 4.86. The van der Waals surface area contributed by atoms with E-state index >= 15 is 0 Å². The molecule has 7 nitrogen and oxygen atoms in total. The Balaban J connectivity index is 1.85. The van der Waals surface area contributed by atoms with Crippen LogP contribution in [0.2, 0.25) is 0 Å². The summed E-state index contributed by atoms with van der Waals surface area (Å²) < 4.78 is 11.1. The van der Waals surface area contributed by atoms with Crippen molar-refractivity contribution in [1.82, 2.24) is 10.1 Å². The Morgan fingerprint density at radius 2 is 1.81 bits per heavy atom. The quantitative estimate of drug-likeness (QED) is 0.597. The summed E-state index contributed by atoms with van der Waals surface area (Å²) in [7, 11) is 3.19. The highest BCUT2D eigenvalue weighted by Gasteiger charge is 2.22. The van der Waals surface area contributed by atoms with Crippen LogP contribution in [0.3, 0.4) is 0 Å². The van der Waals surface area contributed by atoms with Gasteiger partial charge in [0.2, 0.25) is 5.82 Å². The molecule has 26 heavy (non-hydrogen) atoms. The van der Waals surface area contributed by atoms with E-state index in [1.807, 2.05) is 0 Å². The predicted octanol–water partition coefficient (Wildman–Crippen LogP) is 4.25. The molecule has 1 amide bonds. The number of hydrogen-bond donors (Lipinski definition) is 1. The molecule has 1 N–H and O–H groups in total. The Bertz CT molecular complexity index is 934. The number of phenolic OH excluding ortho intramolecular Hbond substituents is 1. The molecule has 0 radical (unpaired) electrons. The van der Waals surface area contributed by atoms with Crippen molar-refractivity contribution in [3.05, 3.63) is 51.2 Å². The number of halogens is 2. The first-order valence-corrected chi connectivity index (χ1v) is 8.93. The first-order chi connectivity index (χ1) is 12.4. The molecule has 0 spiro atoms. The monoisotopic (exact) mass is 481 g/mol. The Labute approximate surface area is 165 Å². The lowest BCUT2D eigenvalue weighted by Crippen LogP contribution is -2.26. The fourth-order valence-electron chi connectivity index (χ4n) is 2.19. The van der Waals surface area contributed by atoms with E-state index in [9.17, 15) is 9.90 Å². The largest absolute Gasteiger partial charge is 0.506 e. The SMILES string of the molecule is COc1ccc(N(C)C(=O)c2nc(-c3cc(Br)c(O)c(Br)c3)no2)cc1. The molecule has 0 bridgehead atoms. The lowest BCUT2D eigenvalue weighted by molar-refractivity contribution is 0.0951. The lowest BCUT2D eigenvalue weighted by Gasteiger charge is -2.15. The normalized spacial score (nSPS) is 10.6. The molecule has 3 aromatic rings. The molecule has 9 heteroatoms. The number of benzene rings is 2. The number of nitrogens with zero attached hydrogens (tertiary/aromatic N) is 3. The summed E-state index contributed by atoms with van der Waals surface area (Å²) in [5.41, 5.74) is 1.24. The predicted molar refractivity (Wildman–Crippen MR) is 103 cm³/mol. The molecule has 0 aliphatic heterocycles. The van der Waals surface area contributed by atoms with E-state index in [4.69, 9.17) is 9.26 Å². The highest BCUT2D eigenvalue weighted by molar-refractivity contribution is 9.11. The minimum atomic E-state index is -0.439. The molecule has 0 saturated carbocycles. The second-order valence-corrected chi connectivity index (χ2v) is 6.98. The van der Waals surface area contributed by atoms with Gasteiger partial charge in [-0.1, -0.05) is 5.16 Å². The molecule has 0 saturated heterocycles. The third-order valence-electron chi connectivity index (χ3n) is 3.65. The van der Waals surface area contributed by atoms with E-state index in [0.29, 0.717) is 25.9 Å². The molecule has 1 aromatic heterocycles. The topological polar surface area (TPSA) is 88.7 Å². The minimum absolute atomic E-state index is 0.0628. The van der Waals surface area contributed by atoms with Gasteiger partial charge in [-0.25, -0.2) is 0 Å². The second-order valence-electron chi connectivity index (χ2n) is 5.27. The van der Waals surface area contributed by atoms with Crippen LogP contribution in [-0.4, -0.2) is 35.3 Å². The smallest absolute Gasteiger partial charge is 0.316 e.